The van der Waals surface area contributed by atoms with E-state index < -0.39 is 0 Å². The molecule has 0 saturated carbocycles. The second-order valence-electron chi connectivity index (χ2n) is 5.43. The molecule has 0 bridgehead atoms. The Kier molecular flexibility index (Phi) is 5.50. The lowest BCUT2D eigenvalue weighted by Gasteiger charge is -2.33. The van der Waals surface area contributed by atoms with Crippen LogP contribution in [-0.2, 0) is 13.6 Å². The first-order valence-electron chi connectivity index (χ1n) is 7.24. The van der Waals surface area contributed by atoms with Crippen LogP contribution in [0.2, 0.25) is 0 Å². The highest BCUT2D eigenvalue weighted by Crippen LogP contribution is 2.24. The molecule has 3 N–H and O–H groups in total. The van der Waals surface area contributed by atoms with Gasteiger partial charge in [0, 0.05) is 37.9 Å². The van der Waals surface area contributed by atoms with E-state index >= 15 is 0 Å². The van der Waals surface area contributed by atoms with Crippen LogP contribution < -0.4 is 5.73 Å². The normalized spacial score (nSPS) is 14.3. The molecule has 2 atom stereocenters. The number of aryl methyl sites for hydroxylation is 1. The predicted molar refractivity (Wildman–Crippen MR) is 83.5 cm³/mol. The van der Waals surface area contributed by atoms with Crippen LogP contribution in [0, 0.1) is 0 Å². The standard InChI is InChI=1S/C16H24N4O/c1-13(17)16(15-10-18-19(2)12-15)20(8-9-21)11-14-6-4-3-5-7-14/h3-7,10,12-13,16,21H,8-9,11,17H2,1-2H3. The smallest absolute Gasteiger partial charge is 0.0558 e. The van der Waals surface area contributed by atoms with Crippen LogP contribution in [0.1, 0.15) is 24.1 Å². The summed E-state index contributed by atoms with van der Waals surface area (Å²) in [5, 5.41) is 13.6. The van der Waals surface area contributed by atoms with Crippen LogP contribution >= 0.6 is 0 Å². The lowest BCUT2D eigenvalue weighted by Crippen LogP contribution is -2.40. The number of aliphatic hydroxyl groups is 1. The fraction of sp³-hybridized carbons (Fsp3) is 0.438. The first-order valence-corrected chi connectivity index (χ1v) is 7.24. The summed E-state index contributed by atoms with van der Waals surface area (Å²) in [6.45, 7) is 3.43. The van der Waals surface area contributed by atoms with Gasteiger partial charge in [-0.15, -0.1) is 0 Å². The van der Waals surface area contributed by atoms with E-state index in [0.29, 0.717) is 6.54 Å². The van der Waals surface area contributed by atoms with Gasteiger partial charge < -0.3 is 10.8 Å². The summed E-state index contributed by atoms with van der Waals surface area (Å²) < 4.78 is 1.78. The van der Waals surface area contributed by atoms with Crippen molar-refractivity contribution in [2.45, 2.75) is 25.6 Å². The minimum atomic E-state index is -0.0514. The monoisotopic (exact) mass is 288 g/mol. The average Bonchev–Trinajstić information content (AvgIpc) is 2.86. The third kappa shape index (κ3) is 4.14. The fourth-order valence-electron chi connectivity index (χ4n) is 2.70. The number of hydrogen-bond acceptors (Lipinski definition) is 4. The molecule has 5 nitrogen and oxygen atoms in total. The maximum absolute atomic E-state index is 9.39. The zero-order chi connectivity index (χ0) is 15.2. The quantitative estimate of drug-likeness (QED) is 0.806. The summed E-state index contributed by atoms with van der Waals surface area (Å²) in [5.41, 5.74) is 8.49. The van der Waals surface area contributed by atoms with Gasteiger partial charge in [0.15, 0.2) is 0 Å². The van der Waals surface area contributed by atoms with Gasteiger partial charge in [0.2, 0.25) is 0 Å². The number of rotatable bonds is 7. The summed E-state index contributed by atoms with van der Waals surface area (Å²) in [6, 6.07) is 10.2. The van der Waals surface area contributed by atoms with Gasteiger partial charge in [0.05, 0.1) is 18.8 Å². The summed E-state index contributed by atoms with van der Waals surface area (Å²) in [6.07, 6.45) is 3.84. The Labute approximate surface area is 126 Å². The molecular weight excluding hydrogens is 264 g/mol. The van der Waals surface area contributed by atoms with Crippen molar-refractivity contribution in [3.8, 4) is 0 Å². The van der Waals surface area contributed by atoms with Crippen LogP contribution in [0.5, 0.6) is 0 Å². The molecule has 2 unspecified atom stereocenters. The third-order valence-corrected chi connectivity index (χ3v) is 3.57. The predicted octanol–water partition coefficient (Wildman–Crippen LogP) is 1.30. The van der Waals surface area contributed by atoms with E-state index in [1.807, 2.05) is 44.6 Å². The average molecular weight is 288 g/mol. The van der Waals surface area contributed by atoms with Crippen molar-refractivity contribution in [2.24, 2.45) is 12.8 Å². The third-order valence-electron chi connectivity index (χ3n) is 3.57. The zero-order valence-electron chi connectivity index (χ0n) is 12.7. The number of nitrogens with two attached hydrogens (primary N) is 1. The molecular formula is C16H24N4O. The summed E-state index contributed by atoms with van der Waals surface area (Å²) >= 11 is 0. The molecule has 1 aromatic carbocycles. The second-order valence-corrected chi connectivity index (χ2v) is 5.43. The Morgan fingerprint density at radius 2 is 2.05 bits per heavy atom. The molecule has 2 rings (SSSR count). The van der Waals surface area contributed by atoms with Gasteiger partial charge >= 0.3 is 0 Å². The maximum Gasteiger partial charge on any atom is 0.0558 e. The van der Waals surface area contributed by atoms with Gasteiger partial charge in [-0.05, 0) is 12.5 Å². The van der Waals surface area contributed by atoms with Crippen LogP contribution in [0.25, 0.3) is 0 Å². The van der Waals surface area contributed by atoms with Crippen molar-refractivity contribution in [2.75, 3.05) is 13.2 Å². The molecule has 21 heavy (non-hydrogen) atoms. The van der Waals surface area contributed by atoms with Gasteiger partial charge in [-0.1, -0.05) is 30.3 Å². The van der Waals surface area contributed by atoms with Crippen LogP contribution in [0.15, 0.2) is 42.7 Å². The van der Waals surface area contributed by atoms with E-state index in [4.69, 9.17) is 5.73 Å². The van der Waals surface area contributed by atoms with Crippen molar-refractivity contribution in [3.63, 3.8) is 0 Å². The number of aliphatic hydroxyl groups excluding tert-OH is 1. The van der Waals surface area contributed by atoms with Crippen molar-refractivity contribution < 1.29 is 5.11 Å². The van der Waals surface area contributed by atoms with E-state index in [1.54, 1.807) is 4.68 Å². The second kappa shape index (κ2) is 7.36. The van der Waals surface area contributed by atoms with Gasteiger partial charge in [0.1, 0.15) is 0 Å². The van der Waals surface area contributed by atoms with E-state index in [1.165, 1.54) is 5.56 Å². The molecule has 0 aliphatic rings. The van der Waals surface area contributed by atoms with Crippen LogP contribution in [-0.4, -0.2) is 39.0 Å². The molecule has 114 valence electrons. The van der Waals surface area contributed by atoms with E-state index in [-0.39, 0.29) is 18.7 Å². The lowest BCUT2D eigenvalue weighted by atomic mass is 10.0. The van der Waals surface area contributed by atoms with Crippen molar-refractivity contribution in [1.29, 1.82) is 0 Å². The molecule has 0 aliphatic heterocycles. The number of hydrogen-bond donors (Lipinski definition) is 2. The molecule has 0 saturated heterocycles. The summed E-state index contributed by atoms with van der Waals surface area (Å²) in [4.78, 5) is 2.21. The van der Waals surface area contributed by atoms with Crippen molar-refractivity contribution >= 4 is 0 Å². The van der Waals surface area contributed by atoms with Crippen molar-refractivity contribution in [3.05, 3.63) is 53.9 Å². The molecule has 2 aromatic rings. The number of aromatic nitrogens is 2. The highest BCUT2D eigenvalue weighted by molar-refractivity contribution is 5.17. The first-order chi connectivity index (χ1) is 10.1. The zero-order valence-corrected chi connectivity index (χ0v) is 12.7. The summed E-state index contributed by atoms with van der Waals surface area (Å²) in [5.74, 6) is 0. The minimum absolute atomic E-state index is 0.0334. The van der Waals surface area contributed by atoms with Crippen LogP contribution in [0.4, 0.5) is 0 Å². The van der Waals surface area contributed by atoms with Gasteiger partial charge in [-0.2, -0.15) is 5.10 Å². The summed E-state index contributed by atoms with van der Waals surface area (Å²) in [7, 11) is 1.90. The molecule has 0 aliphatic carbocycles. The van der Waals surface area contributed by atoms with Gasteiger partial charge in [-0.3, -0.25) is 9.58 Å². The van der Waals surface area contributed by atoms with Crippen molar-refractivity contribution in [1.82, 2.24) is 14.7 Å². The van der Waals surface area contributed by atoms with E-state index in [0.717, 1.165) is 12.1 Å². The molecule has 1 aromatic heterocycles. The molecule has 0 fully saturated rings. The Morgan fingerprint density at radius 1 is 1.33 bits per heavy atom. The van der Waals surface area contributed by atoms with E-state index in [2.05, 4.69) is 22.1 Å². The SMILES string of the molecule is CC(N)C(c1cnn(C)c1)N(CCO)Cc1ccccc1. The minimum Gasteiger partial charge on any atom is -0.395 e. The molecule has 0 spiro atoms. The lowest BCUT2D eigenvalue weighted by molar-refractivity contribution is 0.129. The van der Waals surface area contributed by atoms with Gasteiger partial charge in [0.25, 0.3) is 0 Å². The Morgan fingerprint density at radius 3 is 2.57 bits per heavy atom. The largest absolute Gasteiger partial charge is 0.395 e. The Balaban J connectivity index is 2.24. The molecule has 5 heteroatoms. The first kappa shape index (κ1) is 15.7. The van der Waals surface area contributed by atoms with E-state index in [9.17, 15) is 5.11 Å². The van der Waals surface area contributed by atoms with Crippen LogP contribution in [0.3, 0.4) is 0 Å². The maximum atomic E-state index is 9.39. The number of benzene rings is 1. The number of nitrogens with zero attached hydrogens (tertiary/aromatic N) is 3. The topological polar surface area (TPSA) is 67.3 Å². The highest BCUT2D eigenvalue weighted by Gasteiger charge is 2.25. The highest BCUT2D eigenvalue weighted by atomic mass is 16.3. The Bertz CT molecular complexity index is 538. The molecule has 0 radical (unpaired) electrons. The Hall–Kier alpha value is -1.69. The fourth-order valence-corrected chi connectivity index (χ4v) is 2.70. The van der Waals surface area contributed by atoms with Gasteiger partial charge in [-0.25, -0.2) is 0 Å². The molecule has 1 heterocycles. The molecule has 0 amide bonds.